The highest BCUT2D eigenvalue weighted by atomic mass is 35.5. The lowest BCUT2D eigenvalue weighted by atomic mass is 10.0. The number of benzene rings is 2. The molecular formula is C22H24Cl2N4O5. The molecule has 0 aliphatic heterocycles. The summed E-state index contributed by atoms with van der Waals surface area (Å²) in [5, 5.41) is 18.1. The number of nitrogens with one attached hydrogen (secondary N) is 2. The number of hydrazone groups is 1. The molecular weight excluding hydrogens is 471 g/mol. The van der Waals surface area contributed by atoms with Crippen molar-refractivity contribution in [2.45, 2.75) is 39.3 Å². The summed E-state index contributed by atoms with van der Waals surface area (Å²) in [6, 6.07) is 9.56. The minimum absolute atomic E-state index is 0.0926. The SMILES string of the molecule is CC(C)C[C@@H](NC(=O)[C@@H](C)Oc1ccc(Cl)cc1Cl)C(=O)N/N=C\c1cccc([N+](=O)[O-])c1. The topological polar surface area (TPSA) is 123 Å². The molecule has 0 saturated carbocycles. The zero-order chi connectivity index (χ0) is 24.5. The van der Waals surface area contributed by atoms with Crippen LogP contribution in [0.3, 0.4) is 0 Å². The number of carbonyl (C=O) groups is 2. The van der Waals surface area contributed by atoms with Crippen molar-refractivity contribution in [1.82, 2.24) is 10.7 Å². The lowest BCUT2D eigenvalue weighted by Gasteiger charge is -2.22. The molecule has 0 spiro atoms. The van der Waals surface area contributed by atoms with Crippen LogP contribution < -0.4 is 15.5 Å². The minimum Gasteiger partial charge on any atom is -0.479 e. The van der Waals surface area contributed by atoms with Crippen LogP contribution in [-0.2, 0) is 9.59 Å². The first-order valence-electron chi connectivity index (χ1n) is 10.1. The lowest BCUT2D eigenvalue weighted by molar-refractivity contribution is -0.384. The van der Waals surface area contributed by atoms with Gasteiger partial charge in [0.25, 0.3) is 17.5 Å². The second-order valence-electron chi connectivity index (χ2n) is 7.61. The highest BCUT2D eigenvalue weighted by Gasteiger charge is 2.25. The van der Waals surface area contributed by atoms with E-state index >= 15 is 0 Å². The number of hydrogen-bond donors (Lipinski definition) is 2. The van der Waals surface area contributed by atoms with E-state index in [0.717, 1.165) is 0 Å². The van der Waals surface area contributed by atoms with Gasteiger partial charge in [-0.15, -0.1) is 0 Å². The van der Waals surface area contributed by atoms with Gasteiger partial charge in [-0.25, -0.2) is 5.43 Å². The van der Waals surface area contributed by atoms with E-state index in [9.17, 15) is 19.7 Å². The van der Waals surface area contributed by atoms with Gasteiger partial charge in [0, 0.05) is 22.7 Å². The van der Waals surface area contributed by atoms with E-state index in [-0.39, 0.29) is 22.4 Å². The summed E-state index contributed by atoms with van der Waals surface area (Å²) < 4.78 is 5.60. The molecule has 2 N–H and O–H groups in total. The molecule has 11 heteroatoms. The standard InChI is InChI=1S/C22H24Cl2N4O5/c1-13(2)9-19(22(30)27-25-12-15-5-4-6-17(10-15)28(31)32)26-21(29)14(3)33-20-8-7-16(23)11-18(20)24/h4-8,10-14,19H,9H2,1-3H3,(H,26,29)(H,27,30)/b25-12-/t14-,19-/m1/s1. The van der Waals surface area contributed by atoms with Gasteiger partial charge in [-0.1, -0.05) is 49.2 Å². The van der Waals surface area contributed by atoms with Crippen molar-refractivity contribution in [2.75, 3.05) is 0 Å². The Morgan fingerprint density at radius 2 is 1.88 bits per heavy atom. The molecule has 0 fully saturated rings. The summed E-state index contributed by atoms with van der Waals surface area (Å²) in [5.74, 6) is -0.654. The lowest BCUT2D eigenvalue weighted by Crippen LogP contribution is -2.49. The summed E-state index contributed by atoms with van der Waals surface area (Å²) in [6.45, 7) is 5.35. The average Bonchev–Trinajstić information content (AvgIpc) is 2.74. The fourth-order valence-electron chi connectivity index (χ4n) is 2.77. The molecule has 0 bridgehead atoms. The van der Waals surface area contributed by atoms with E-state index in [1.165, 1.54) is 37.4 Å². The number of nitrogens with zero attached hydrogens (tertiary/aromatic N) is 2. The number of amides is 2. The molecule has 0 aromatic heterocycles. The Balaban J connectivity index is 2.02. The molecule has 176 valence electrons. The van der Waals surface area contributed by atoms with Crippen molar-refractivity contribution in [2.24, 2.45) is 11.0 Å². The number of ether oxygens (including phenoxy) is 1. The van der Waals surface area contributed by atoms with E-state index in [1.54, 1.807) is 18.2 Å². The number of nitro benzene ring substituents is 1. The molecule has 33 heavy (non-hydrogen) atoms. The largest absolute Gasteiger partial charge is 0.479 e. The predicted octanol–water partition coefficient (Wildman–Crippen LogP) is 4.35. The highest BCUT2D eigenvalue weighted by Crippen LogP contribution is 2.28. The van der Waals surface area contributed by atoms with Crippen LogP contribution in [0.5, 0.6) is 5.75 Å². The molecule has 2 atom stereocenters. The summed E-state index contributed by atoms with van der Waals surface area (Å²) in [7, 11) is 0. The number of rotatable bonds is 10. The predicted molar refractivity (Wildman–Crippen MR) is 127 cm³/mol. The van der Waals surface area contributed by atoms with Gasteiger partial charge in [0.2, 0.25) is 0 Å². The first-order valence-corrected chi connectivity index (χ1v) is 10.8. The fraction of sp³-hybridized carbons (Fsp3) is 0.318. The molecule has 0 radical (unpaired) electrons. The van der Waals surface area contributed by atoms with Crippen molar-refractivity contribution in [3.8, 4) is 5.75 Å². The molecule has 9 nitrogen and oxygen atoms in total. The van der Waals surface area contributed by atoms with Crippen molar-refractivity contribution >= 4 is 46.9 Å². The van der Waals surface area contributed by atoms with E-state index in [1.807, 2.05) is 13.8 Å². The van der Waals surface area contributed by atoms with Gasteiger partial charge in [0.05, 0.1) is 16.2 Å². The summed E-state index contributed by atoms with van der Waals surface area (Å²) >= 11 is 11.9. The van der Waals surface area contributed by atoms with Crippen LogP contribution >= 0.6 is 23.2 Å². The van der Waals surface area contributed by atoms with Crippen LogP contribution in [-0.4, -0.2) is 35.1 Å². The molecule has 0 aliphatic carbocycles. The second-order valence-corrected chi connectivity index (χ2v) is 8.46. The number of halogens is 2. The first kappa shape index (κ1) is 26.1. The van der Waals surface area contributed by atoms with E-state index in [0.29, 0.717) is 17.0 Å². The van der Waals surface area contributed by atoms with Crippen LogP contribution in [0.15, 0.2) is 47.6 Å². The maximum absolute atomic E-state index is 12.6. The summed E-state index contributed by atoms with van der Waals surface area (Å²) in [6.07, 6.45) is 0.714. The second kappa shape index (κ2) is 12.2. The van der Waals surface area contributed by atoms with Crippen LogP contribution in [0.25, 0.3) is 0 Å². The van der Waals surface area contributed by atoms with Gasteiger partial charge in [-0.05, 0) is 37.5 Å². The van der Waals surface area contributed by atoms with Crippen LogP contribution in [0.4, 0.5) is 5.69 Å². The molecule has 0 unspecified atom stereocenters. The number of non-ortho nitro benzene ring substituents is 1. The Morgan fingerprint density at radius 3 is 2.52 bits per heavy atom. The van der Waals surface area contributed by atoms with Crippen molar-refractivity contribution in [1.29, 1.82) is 0 Å². The Bertz CT molecular complexity index is 1050. The van der Waals surface area contributed by atoms with Gasteiger partial charge < -0.3 is 10.1 Å². The third-order valence-corrected chi connectivity index (χ3v) is 4.91. The van der Waals surface area contributed by atoms with Crippen molar-refractivity contribution < 1.29 is 19.2 Å². The Hall–Kier alpha value is -3.17. The molecule has 0 aliphatic rings. The quantitative estimate of drug-likeness (QED) is 0.288. The Labute approximate surface area is 201 Å². The molecule has 2 aromatic carbocycles. The van der Waals surface area contributed by atoms with Crippen LogP contribution in [0, 0.1) is 16.0 Å². The normalized spacial score (nSPS) is 12.9. The number of carbonyl (C=O) groups excluding carboxylic acids is 2. The minimum atomic E-state index is -0.931. The third kappa shape index (κ3) is 8.36. The third-order valence-electron chi connectivity index (χ3n) is 4.38. The highest BCUT2D eigenvalue weighted by molar-refractivity contribution is 6.35. The van der Waals surface area contributed by atoms with E-state index < -0.39 is 28.9 Å². The fourth-order valence-corrected chi connectivity index (χ4v) is 3.23. The molecule has 0 heterocycles. The van der Waals surface area contributed by atoms with Crippen molar-refractivity contribution in [3.63, 3.8) is 0 Å². The van der Waals surface area contributed by atoms with Crippen LogP contribution in [0.2, 0.25) is 10.0 Å². The summed E-state index contributed by atoms with van der Waals surface area (Å²) in [5.41, 5.74) is 2.71. The molecule has 0 saturated heterocycles. The van der Waals surface area contributed by atoms with Crippen molar-refractivity contribution in [3.05, 3.63) is 68.2 Å². The smallest absolute Gasteiger partial charge is 0.270 e. The molecule has 2 aromatic rings. The zero-order valence-corrected chi connectivity index (χ0v) is 19.8. The first-order chi connectivity index (χ1) is 15.6. The van der Waals surface area contributed by atoms with Gasteiger partial charge in [0.15, 0.2) is 6.10 Å². The monoisotopic (exact) mass is 494 g/mol. The maximum atomic E-state index is 12.6. The molecule has 2 rings (SSSR count). The zero-order valence-electron chi connectivity index (χ0n) is 18.2. The van der Waals surface area contributed by atoms with Gasteiger partial charge in [0.1, 0.15) is 11.8 Å². The van der Waals surface area contributed by atoms with E-state index in [2.05, 4.69) is 15.8 Å². The maximum Gasteiger partial charge on any atom is 0.270 e. The van der Waals surface area contributed by atoms with Gasteiger partial charge in [-0.3, -0.25) is 19.7 Å². The van der Waals surface area contributed by atoms with Crippen LogP contribution in [0.1, 0.15) is 32.8 Å². The van der Waals surface area contributed by atoms with Gasteiger partial charge >= 0.3 is 0 Å². The molecule has 2 amide bonds. The number of nitro groups is 1. The summed E-state index contributed by atoms with van der Waals surface area (Å²) in [4.78, 5) is 35.6. The Kier molecular flexibility index (Phi) is 9.62. The average molecular weight is 495 g/mol. The van der Waals surface area contributed by atoms with E-state index in [4.69, 9.17) is 27.9 Å². The Morgan fingerprint density at radius 1 is 1.15 bits per heavy atom. The van der Waals surface area contributed by atoms with Gasteiger partial charge in [-0.2, -0.15) is 5.10 Å². The number of hydrogen-bond acceptors (Lipinski definition) is 6.